The van der Waals surface area contributed by atoms with Crippen molar-refractivity contribution in [1.29, 1.82) is 0 Å². The Morgan fingerprint density at radius 2 is 1.84 bits per heavy atom. The van der Waals surface area contributed by atoms with Gasteiger partial charge >= 0.3 is 5.97 Å². The first-order chi connectivity index (χ1) is 11.9. The molecule has 128 valence electrons. The maximum absolute atomic E-state index is 12.4. The first-order valence-corrected chi connectivity index (χ1v) is 8.27. The number of aryl methyl sites for hydroxylation is 1. The van der Waals surface area contributed by atoms with E-state index < -0.39 is 11.3 Å². The molecule has 0 radical (unpaired) electrons. The lowest BCUT2D eigenvalue weighted by molar-refractivity contribution is -0.134. The Morgan fingerprint density at radius 1 is 1.16 bits per heavy atom. The minimum Gasteiger partial charge on any atom is -0.452 e. The smallest absolute Gasteiger partial charge is 0.334 e. The van der Waals surface area contributed by atoms with Crippen LogP contribution >= 0.6 is 11.6 Å². The van der Waals surface area contributed by atoms with Gasteiger partial charge < -0.3 is 9.47 Å². The SMILES string of the molecule is CC(C)=C1Oc2cc(OC(=O)C(Cl)c3ccccc3)cc(C)c2C1=O. The number of hydrogen-bond donors (Lipinski definition) is 0. The first kappa shape index (κ1) is 17.2. The highest BCUT2D eigenvalue weighted by Crippen LogP contribution is 2.38. The summed E-state index contributed by atoms with van der Waals surface area (Å²) in [6.07, 6.45) is 0. The van der Waals surface area contributed by atoms with Crippen molar-refractivity contribution in [3.8, 4) is 11.5 Å². The quantitative estimate of drug-likeness (QED) is 0.344. The van der Waals surface area contributed by atoms with Crippen molar-refractivity contribution in [2.75, 3.05) is 0 Å². The number of benzene rings is 2. The average Bonchev–Trinajstić information content (AvgIpc) is 2.92. The van der Waals surface area contributed by atoms with Gasteiger partial charge in [0.25, 0.3) is 0 Å². The molecule has 0 saturated heterocycles. The molecular weight excluding hydrogens is 340 g/mol. The molecule has 3 rings (SSSR count). The number of alkyl halides is 1. The molecule has 0 aliphatic carbocycles. The van der Waals surface area contributed by atoms with E-state index in [2.05, 4.69) is 0 Å². The highest BCUT2D eigenvalue weighted by Gasteiger charge is 2.31. The molecule has 1 aliphatic heterocycles. The van der Waals surface area contributed by atoms with E-state index in [9.17, 15) is 9.59 Å². The van der Waals surface area contributed by atoms with Crippen molar-refractivity contribution in [2.24, 2.45) is 0 Å². The van der Waals surface area contributed by atoms with Crippen molar-refractivity contribution in [3.63, 3.8) is 0 Å². The van der Waals surface area contributed by atoms with Gasteiger partial charge in [0.2, 0.25) is 5.78 Å². The first-order valence-electron chi connectivity index (χ1n) is 7.84. The summed E-state index contributed by atoms with van der Waals surface area (Å²) in [4.78, 5) is 24.7. The van der Waals surface area contributed by atoms with Crippen LogP contribution in [0, 0.1) is 6.92 Å². The van der Waals surface area contributed by atoms with Crippen LogP contribution in [0.4, 0.5) is 0 Å². The molecule has 0 N–H and O–H groups in total. The fourth-order valence-corrected chi connectivity index (χ4v) is 2.87. The second-order valence-electron chi connectivity index (χ2n) is 6.07. The van der Waals surface area contributed by atoms with Crippen LogP contribution in [-0.2, 0) is 4.79 Å². The summed E-state index contributed by atoms with van der Waals surface area (Å²) < 4.78 is 11.0. The van der Waals surface area contributed by atoms with Gasteiger partial charge in [0, 0.05) is 6.07 Å². The summed E-state index contributed by atoms with van der Waals surface area (Å²) in [6.45, 7) is 5.40. The number of esters is 1. The number of Topliss-reactive ketones (excluding diaryl/α,β-unsaturated/α-hetero) is 1. The largest absolute Gasteiger partial charge is 0.452 e. The minimum absolute atomic E-state index is 0.148. The summed E-state index contributed by atoms with van der Waals surface area (Å²) in [7, 11) is 0. The second kappa shape index (κ2) is 6.73. The summed E-state index contributed by atoms with van der Waals surface area (Å²) in [5, 5.41) is -0.911. The Morgan fingerprint density at radius 3 is 2.48 bits per heavy atom. The van der Waals surface area contributed by atoms with E-state index in [1.807, 2.05) is 19.9 Å². The number of rotatable bonds is 3. The number of ketones is 1. The topological polar surface area (TPSA) is 52.6 Å². The van der Waals surface area contributed by atoms with Crippen molar-refractivity contribution in [1.82, 2.24) is 0 Å². The molecule has 0 aromatic heterocycles. The van der Waals surface area contributed by atoms with Crippen molar-refractivity contribution in [2.45, 2.75) is 26.1 Å². The standard InChI is InChI=1S/C20H17ClO4/c1-11(2)19-18(22)16-12(3)9-14(10-15(16)25-19)24-20(23)17(21)13-7-5-4-6-8-13/h4-10,17H,1-3H3. The zero-order chi connectivity index (χ0) is 18.1. The molecule has 2 aromatic rings. The van der Waals surface area contributed by atoms with Crippen LogP contribution in [0.2, 0.25) is 0 Å². The number of carbonyl (C=O) groups is 2. The molecule has 1 unspecified atom stereocenters. The third-order valence-corrected chi connectivity index (χ3v) is 4.32. The average molecular weight is 357 g/mol. The number of ether oxygens (including phenoxy) is 2. The molecule has 4 nitrogen and oxygen atoms in total. The molecule has 1 heterocycles. The van der Waals surface area contributed by atoms with Gasteiger partial charge in [-0.2, -0.15) is 0 Å². The molecular formula is C20H17ClO4. The summed E-state index contributed by atoms with van der Waals surface area (Å²) >= 11 is 6.18. The Labute approximate surface area is 151 Å². The Hall–Kier alpha value is -2.59. The number of fused-ring (bicyclic) bond motifs is 1. The Balaban J connectivity index is 1.85. The van der Waals surface area contributed by atoms with Gasteiger partial charge in [-0.05, 0) is 43.5 Å². The van der Waals surface area contributed by atoms with E-state index in [1.54, 1.807) is 43.3 Å². The molecule has 0 amide bonds. The second-order valence-corrected chi connectivity index (χ2v) is 6.50. The third kappa shape index (κ3) is 3.30. The van der Waals surface area contributed by atoms with Gasteiger partial charge in [-0.1, -0.05) is 30.3 Å². The van der Waals surface area contributed by atoms with Gasteiger partial charge in [0.05, 0.1) is 5.56 Å². The van der Waals surface area contributed by atoms with Gasteiger partial charge in [0.15, 0.2) is 11.1 Å². The van der Waals surface area contributed by atoms with Crippen LogP contribution in [0.25, 0.3) is 0 Å². The van der Waals surface area contributed by atoms with E-state index in [4.69, 9.17) is 21.1 Å². The molecule has 25 heavy (non-hydrogen) atoms. The summed E-state index contributed by atoms with van der Waals surface area (Å²) in [5.41, 5.74) is 2.64. The van der Waals surface area contributed by atoms with Crippen LogP contribution in [-0.4, -0.2) is 11.8 Å². The number of carbonyl (C=O) groups excluding carboxylic acids is 2. The Kier molecular flexibility index (Phi) is 4.64. The zero-order valence-corrected chi connectivity index (χ0v) is 14.9. The van der Waals surface area contributed by atoms with E-state index >= 15 is 0 Å². The number of hydrogen-bond acceptors (Lipinski definition) is 4. The van der Waals surface area contributed by atoms with Crippen LogP contribution in [0.5, 0.6) is 11.5 Å². The highest BCUT2D eigenvalue weighted by molar-refractivity contribution is 6.30. The third-order valence-electron chi connectivity index (χ3n) is 3.89. The highest BCUT2D eigenvalue weighted by atomic mass is 35.5. The lowest BCUT2D eigenvalue weighted by atomic mass is 10.0. The van der Waals surface area contributed by atoms with Gasteiger partial charge in [-0.3, -0.25) is 4.79 Å². The lowest BCUT2D eigenvalue weighted by Gasteiger charge is -2.11. The minimum atomic E-state index is -0.911. The molecule has 2 aromatic carbocycles. The van der Waals surface area contributed by atoms with Crippen LogP contribution in [0.1, 0.15) is 40.7 Å². The Bertz CT molecular complexity index is 880. The van der Waals surface area contributed by atoms with E-state index in [0.29, 0.717) is 33.9 Å². The van der Waals surface area contributed by atoms with Gasteiger partial charge in [-0.15, -0.1) is 11.6 Å². The monoisotopic (exact) mass is 356 g/mol. The molecule has 0 spiro atoms. The van der Waals surface area contributed by atoms with Gasteiger partial charge in [0.1, 0.15) is 11.5 Å². The number of halogens is 1. The fourth-order valence-electron chi connectivity index (χ4n) is 2.68. The van der Waals surface area contributed by atoms with Crippen LogP contribution in [0.15, 0.2) is 53.8 Å². The van der Waals surface area contributed by atoms with Crippen molar-refractivity contribution in [3.05, 3.63) is 70.5 Å². The molecule has 0 saturated carbocycles. The van der Waals surface area contributed by atoms with Gasteiger partial charge in [-0.25, -0.2) is 4.79 Å². The van der Waals surface area contributed by atoms with E-state index in [-0.39, 0.29) is 5.78 Å². The van der Waals surface area contributed by atoms with E-state index in [0.717, 1.165) is 5.57 Å². The van der Waals surface area contributed by atoms with Crippen LogP contribution < -0.4 is 9.47 Å². The van der Waals surface area contributed by atoms with Crippen molar-refractivity contribution < 1.29 is 19.1 Å². The summed E-state index contributed by atoms with van der Waals surface area (Å²) in [6, 6.07) is 12.2. The molecule has 1 atom stereocenters. The van der Waals surface area contributed by atoms with Crippen molar-refractivity contribution >= 4 is 23.4 Å². The maximum atomic E-state index is 12.4. The fraction of sp³-hybridized carbons (Fsp3) is 0.200. The number of allylic oxidation sites excluding steroid dienone is 2. The van der Waals surface area contributed by atoms with E-state index in [1.165, 1.54) is 0 Å². The normalized spacial score (nSPS) is 13.9. The predicted octanol–water partition coefficient (Wildman–Crippen LogP) is 4.75. The molecule has 1 aliphatic rings. The molecule has 0 fully saturated rings. The lowest BCUT2D eigenvalue weighted by Crippen LogP contribution is -2.14. The molecule has 0 bridgehead atoms. The summed E-state index contributed by atoms with van der Waals surface area (Å²) in [5.74, 6) is 0.283. The van der Waals surface area contributed by atoms with Crippen LogP contribution in [0.3, 0.4) is 0 Å². The maximum Gasteiger partial charge on any atom is 0.334 e. The zero-order valence-electron chi connectivity index (χ0n) is 14.1. The predicted molar refractivity (Wildman–Crippen MR) is 95.2 cm³/mol. The molecule has 5 heteroatoms.